The summed E-state index contributed by atoms with van der Waals surface area (Å²) in [6.45, 7) is 9.72. The maximum atomic E-state index is 6.36. The Labute approximate surface area is 199 Å². The zero-order chi connectivity index (χ0) is 22.5. The van der Waals surface area contributed by atoms with Gasteiger partial charge in [0.2, 0.25) is 0 Å². The van der Waals surface area contributed by atoms with Gasteiger partial charge in [-0.1, -0.05) is 35.3 Å². The lowest BCUT2D eigenvalue weighted by Crippen LogP contribution is -2.46. The number of benzene rings is 2. The smallest absolute Gasteiger partial charge is 0.172 e. The normalized spacial score (nSPS) is 15.0. The molecule has 1 aromatic heterocycles. The number of hydrogen-bond acceptors (Lipinski definition) is 6. The van der Waals surface area contributed by atoms with Crippen LogP contribution in [0, 0.1) is 0 Å². The van der Waals surface area contributed by atoms with Crippen molar-refractivity contribution < 1.29 is 4.74 Å². The van der Waals surface area contributed by atoms with Crippen LogP contribution in [0.3, 0.4) is 0 Å². The predicted octanol–water partition coefficient (Wildman–Crippen LogP) is 5.10. The molecule has 4 rings (SSSR count). The van der Waals surface area contributed by atoms with Crippen molar-refractivity contribution in [2.75, 3.05) is 49.5 Å². The first kappa shape index (κ1) is 23.1. The van der Waals surface area contributed by atoms with Gasteiger partial charge in [0, 0.05) is 49.3 Å². The highest BCUT2D eigenvalue weighted by atomic mass is 35.5. The summed E-state index contributed by atoms with van der Waals surface area (Å²) in [6, 6.07) is 13.6. The number of fused-ring (bicyclic) bond motifs is 1. The number of halogens is 2. The minimum absolute atomic E-state index is 0.208. The molecule has 1 aliphatic heterocycles. The van der Waals surface area contributed by atoms with Crippen molar-refractivity contribution in [3.8, 4) is 0 Å². The van der Waals surface area contributed by atoms with Crippen LogP contribution in [0.25, 0.3) is 11.0 Å². The van der Waals surface area contributed by atoms with E-state index in [4.69, 9.17) is 37.9 Å². The number of rotatable bonds is 8. The average molecular weight is 474 g/mol. The Kier molecular flexibility index (Phi) is 7.68. The van der Waals surface area contributed by atoms with Gasteiger partial charge in [-0.15, -0.1) is 0 Å². The van der Waals surface area contributed by atoms with Gasteiger partial charge < -0.3 is 15.0 Å². The summed E-state index contributed by atoms with van der Waals surface area (Å²) in [7, 11) is 0. The monoisotopic (exact) mass is 473 g/mol. The number of hydrogen-bond donors (Lipinski definition) is 1. The Bertz CT molecular complexity index is 1050. The fourth-order valence-electron chi connectivity index (χ4n) is 3.82. The molecule has 0 spiro atoms. The second-order valence-electron chi connectivity index (χ2n) is 8.23. The van der Waals surface area contributed by atoms with Gasteiger partial charge in [0.15, 0.2) is 11.6 Å². The molecule has 170 valence electrons. The largest absolute Gasteiger partial charge is 0.377 e. The summed E-state index contributed by atoms with van der Waals surface area (Å²) in [6.07, 6.45) is 0.208. The summed E-state index contributed by atoms with van der Waals surface area (Å²) in [5, 5.41) is 4.91. The summed E-state index contributed by atoms with van der Waals surface area (Å²) in [5.41, 5.74) is 2.85. The number of nitrogens with one attached hydrogen (secondary N) is 1. The Morgan fingerprint density at radius 2 is 1.72 bits per heavy atom. The maximum Gasteiger partial charge on any atom is 0.172 e. The number of anilines is 2. The molecule has 0 radical (unpaired) electrons. The van der Waals surface area contributed by atoms with Crippen molar-refractivity contribution >= 4 is 45.9 Å². The van der Waals surface area contributed by atoms with E-state index in [9.17, 15) is 0 Å². The molecule has 0 bridgehead atoms. The summed E-state index contributed by atoms with van der Waals surface area (Å²) in [5.74, 6) is 1.70. The van der Waals surface area contributed by atoms with E-state index in [1.807, 2.05) is 56.3 Å². The first-order valence-corrected chi connectivity index (χ1v) is 11.8. The third-order valence-corrected chi connectivity index (χ3v) is 6.08. The topological polar surface area (TPSA) is 53.5 Å². The van der Waals surface area contributed by atoms with Gasteiger partial charge in [-0.2, -0.15) is 0 Å². The van der Waals surface area contributed by atoms with Gasteiger partial charge in [0.25, 0.3) is 0 Å². The second kappa shape index (κ2) is 10.7. The van der Waals surface area contributed by atoms with Gasteiger partial charge in [-0.05, 0) is 49.7 Å². The minimum Gasteiger partial charge on any atom is -0.377 e. The Balaban J connectivity index is 1.46. The van der Waals surface area contributed by atoms with E-state index in [0.29, 0.717) is 18.2 Å². The Morgan fingerprint density at radius 3 is 2.44 bits per heavy atom. The molecule has 0 aliphatic carbocycles. The van der Waals surface area contributed by atoms with Crippen molar-refractivity contribution in [3.05, 3.63) is 58.1 Å². The Hall–Kier alpha value is -2.12. The summed E-state index contributed by atoms with van der Waals surface area (Å²) >= 11 is 12.5. The number of ether oxygens (including phenoxy) is 1. The first-order chi connectivity index (χ1) is 15.5. The SMILES string of the molecule is CC(C)OCCNc1nc2ccccc2nc1N1CCN(Cc2cc(Cl)ccc2Cl)CC1. The third-order valence-electron chi connectivity index (χ3n) is 5.47. The van der Waals surface area contributed by atoms with Gasteiger partial charge in [-0.3, -0.25) is 4.90 Å². The number of nitrogens with zero attached hydrogens (tertiary/aromatic N) is 4. The van der Waals surface area contributed by atoms with Crippen molar-refractivity contribution in [1.29, 1.82) is 0 Å². The summed E-state index contributed by atoms with van der Waals surface area (Å²) in [4.78, 5) is 14.5. The van der Waals surface area contributed by atoms with Crippen molar-refractivity contribution in [3.63, 3.8) is 0 Å². The predicted molar refractivity (Wildman–Crippen MR) is 133 cm³/mol. The maximum absolute atomic E-state index is 6.36. The highest BCUT2D eigenvalue weighted by molar-refractivity contribution is 6.33. The van der Waals surface area contributed by atoms with E-state index in [1.165, 1.54) is 0 Å². The molecule has 0 amide bonds. The van der Waals surface area contributed by atoms with Gasteiger partial charge in [0.1, 0.15) is 0 Å². The zero-order valence-corrected chi connectivity index (χ0v) is 20.0. The standard InChI is InChI=1S/C24H29Cl2N5O/c1-17(2)32-14-9-27-23-24(29-22-6-4-3-5-21(22)28-23)31-12-10-30(11-13-31)16-18-15-19(25)7-8-20(18)26/h3-8,15,17H,9-14,16H2,1-2H3,(H,27,28). The first-order valence-electron chi connectivity index (χ1n) is 11.0. The van der Waals surface area contributed by atoms with Crippen LogP contribution in [-0.2, 0) is 11.3 Å². The van der Waals surface area contributed by atoms with E-state index in [2.05, 4.69) is 15.1 Å². The molecule has 32 heavy (non-hydrogen) atoms. The van der Waals surface area contributed by atoms with E-state index in [0.717, 1.165) is 66.0 Å². The molecule has 2 heterocycles. The minimum atomic E-state index is 0.208. The Morgan fingerprint density at radius 1 is 1.00 bits per heavy atom. The van der Waals surface area contributed by atoms with Gasteiger partial charge >= 0.3 is 0 Å². The van der Waals surface area contributed by atoms with E-state index >= 15 is 0 Å². The molecule has 1 saturated heterocycles. The van der Waals surface area contributed by atoms with Crippen molar-refractivity contribution in [1.82, 2.24) is 14.9 Å². The van der Waals surface area contributed by atoms with Crippen LogP contribution < -0.4 is 10.2 Å². The van der Waals surface area contributed by atoms with Crippen LogP contribution in [-0.4, -0.2) is 60.3 Å². The van der Waals surface area contributed by atoms with E-state index < -0.39 is 0 Å². The van der Waals surface area contributed by atoms with Gasteiger partial charge in [0.05, 0.1) is 23.7 Å². The molecule has 0 atom stereocenters. The number of para-hydroxylation sites is 2. The van der Waals surface area contributed by atoms with Crippen LogP contribution in [0.4, 0.5) is 11.6 Å². The van der Waals surface area contributed by atoms with Crippen LogP contribution in [0.5, 0.6) is 0 Å². The third kappa shape index (κ3) is 5.81. The molecular weight excluding hydrogens is 445 g/mol. The van der Waals surface area contributed by atoms with E-state index in [-0.39, 0.29) is 6.10 Å². The van der Waals surface area contributed by atoms with Crippen molar-refractivity contribution in [2.45, 2.75) is 26.5 Å². The van der Waals surface area contributed by atoms with Crippen LogP contribution in [0.1, 0.15) is 19.4 Å². The molecule has 3 aromatic rings. The molecule has 1 aliphatic rings. The fraction of sp³-hybridized carbons (Fsp3) is 0.417. The second-order valence-corrected chi connectivity index (χ2v) is 9.07. The number of aromatic nitrogens is 2. The highest BCUT2D eigenvalue weighted by Crippen LogP contribution is 2.27. The van der Waals surface area contributed by atoms with Crippen molar-refractivity contribution in [2.24, 2.45) is 0 Å². The summed E-state index contributed by atoms with van der Waals surface area (Å²) < 4.78 is 5.67. The number of piperazine rings is 1. The molecule has 1 N–H and O–H groups in total. The highest BCUT2D eigenvalue weighted by Gasteiger charge is 2.22. The average Bonchev–Trinajstić information content (AvgIpc) is 2.79. The quantitative estimate of drug-likeness (QED) is 0.459. The molecule has 8 heteroatoms. The lowest BCUT2D eigenvalue weighted by atomic mass is 10.2. The molecule has 0 saturated carbocycles. The molecule has 1 fully saturated rings. The fourth-order valence-corrected chi connectivity index (χ4v) is 4.19. The van der Waals surface area contributed by atoms with Crippen LogP contribution >= 0.6 is 23.2 Å². The lowest BCUT2D eigenvalue weighted by molar-refractivity contribution is 0.0870. The molecule has 6 nitrogen and oxygen atoms in total. The molecule has 2 aromatic carbocycles. The van der Waals surface area contributed by atoms with E-state index in [1.54, 1.807) is 0 Å². The molecular formula is C24H29Cl2N5O. The van der Waals surface area contributed by atoms with Crippen LogP contribution in [0.15, 0.2) is 42.5 Å². The van der Waals surface area contributed by atoms with Crippen LogP contribution in [0.2, 0.25) is 10.0 Å². The molecule has 0 unspecified atom stereocenters. The lowest BCUT2D eigenvalue weighted by Gasteiger charge is -2.36. The van der Waals surface area contributed by atoms with Gasteiger partial charge in [-0.25, -0.2) is 9.97 Å². The zero-order valence-electron chi connectivity index (χ0n) is 18.5.